The van der Waals surface area contributed by atoms with Gasteiger partial charge in [0.15, 0.2) is 11.0 Å². The molecule has 1 aliphatic rings. The first-order valence-electron chi connectivity index (χ1n) is 6.82. The van der Waals surface area contributed by atoms with E-state index in [1.165, 1.54) is 10.4 Å². The molecule has 0 aromatic heterocycles. The maximum absolute atomic E-state index is 11.6. The third kappa shape index (κ3) is 5.63. The maximum atomic E-state index is 11.6. The van der Waals surface area contributed by atoms with E-state index in [1.54, 1.807) is 0 Å². The van der Waals surface area contributed by atoms with Gasteiger partial charge in [0.05, 0.1) is 6.61 Å². The number of hydrogen-bond acceptors (Lipinski definition) is 4. The van der Waals surface area contributed by atoms with Crippen LogP contribution in [-0.2, 0) is 25.3 Å². The van der Waals surface area contributed by atoms with E-state index in [9.17, 15) is 13.8 Å². The molecule has 0 bridgehead atoms. The van der Waals surface area contributed by atoms with Gasteiger partial charge < -0.3 is 4.74 Å². The van der Waals surface area contributed by atoms with Gasteiger partial charge in [-0.1, -0.05) is 31.4 Å². The Morgan fingerprint density at radius 3 is 2.70 bits per heavy atom. The fourth-order valence-electron chi connectivity index (χ4n) is 1.70. The fraction of sp³-hybridized carbons (Fsp3) is 0.692. The molecule has 7 heteroatoms. The third-order valence-electron chi connectivity index (χ3n) is 2.85. The number of halogens is 1. The first kappa shape index (κ1) is 17.2. The SMILES string of the molecule is CCCCOC(=O)CCCCCN1C(=O)C=C(Cl)S1=O. The van der Waals surface area contributed by atoms with Gasteiger partial charge in [-0.15, -0.1) is 0 Å². The number of amides is 1. The van der Waals surface area contributed by atoms with E-state index in [2.05, 4.69) is 0 Å². The summed E-state index contributed by atoms with van der Waals surface area (Å²) in [4.78, 5) is 22.7. The summed E-state index contributed by atoms with van der Waals surface area (Å²) >= 11 is 5.63. The second-order valence-electron chi connectivity index (χ2n) is 4.52. The minimum absolute atomic E-state index is 0.0782. The van der Waals surface area contributed by atoms with Crippen molar-refractivity contribution < 1.29 is 18.5 Å². The van der Waals surface area contributed by atoms with Crippen LogP contribution in [0.4, 0.5) is 0 Å². The zero-order valence-electron chi connectivity index (χ0n) is 11.6. The molecule has 0 aromatic carbocycles. The van der Waals surface area contributed by atoms with E-state index >= 15 is 0 Å². The summed E-state index contributed by atoms with van der Waals surface area (Å²) in [5, 5.41) is 0. The lowest BCUT2D eigenvalue weighted by atomic mass is 10.2. The van der Waals surface area contributed by atoms with Crippen LogP contribution >= 0.6 is 11.6 Å². The number of esters is 1. The summed E-state index contributed by atoms with van der Waals surface area (Å²) in [6.45, 7) is 2.92. The van der Waals surface area contributed by atoms with Crippen LogP contribution < -0.4 is 0 Å². The Kier molecular flexibility index (Phi) is 7.84. The highest BCUT2D eigenvalue weighted by Crippen LogP contribution is 2.21. The average molecular weight is 322 g/mol. The zero-order chi connectivity index (χ0) is 15.0. The summed E-state index contributed by atoms with van der Waals surface area (Å²) in [6.07, 6.45) is 5.65. The first-order valence-corrected chi connectivity index (χ1v) is 8.31. The van der Waals surface area contributed by atoms with Crippen molar-refractivity contribution in [1.82, 2.24) is 4.31 Å². The van der Waals surface area contributed by atoms with E-state index < -0.39 is 11.0 Å². The van der Waals surface area contributed by atoms with Gasteiger partial charge in [0, 0.05) is 19.0 Å². The Morgan fingerprint density at radius 2 is 2.10 bits per heavy atom. The molecule has 114 valence electrons. The van der Waals surface area contributed by atoms with Crippen molar-refractivity contribution in [2.45, 2.75) is 45.4 Å². The van der Waals surface area contributed by atoms with Crippen LogP contribution in [0.15, 0.2) is 10.4 Å². The lowest BCUT2D eigenvalue weighted by molar-refractivity contribution is -0.143. The average Bonchev–Trinajstić information content (AvgIpc) is 2.64. The zero-order valence-corrected chi connectivity index (χ0v) is 13.2. The number of carbonyl (C=O) groups excluding carboxylic acids is 2. The Labute approximate surface area is 126 Å². The van der Waals surface area contributed by atoms with E-state index in [1.807, 2.05) is 6.92 Å². The molecule has 0 aromatic rings. The van der Waals surface area contributed by atoms with Crippen LogP contribution in [0.3, 0.4) is 0 Å². The quantitative estimate of drug-likeness (QED) is 0.483. The summed E-state index contributed by atoms with van der Waals surface area (Å²) in [7, 11) is -1.54. The summed E-state index contributed by atoms with van der Waals surface area (Å²) in [5.74, 6) is -0.490. The molecular weight excluding hydrogens is 302 g/mol. The van der Waals surface area contributed by atoms with Crippen LogP contribution in [-0.4, -0.2) is 33.5 Å². The Balaban J connectivity index is 2.07. The number of nitrogens with zero attached hydrogens (tertiary/aromatic N) is 1. The van der Waals surface area contributed by atoms with Gasteiger partial charge in [-0.05, 0) is 19.3 Å². The molecule has 0 radical (unpaired) electrons. The summed E-state index contributed by atoms with van der Waals surface area (Å²) in [6, 6.07) is 0. The molecule has 1 rings (SSSR count). The minimum Gasteiger partial charge on any atom is -0.466 e. The van der Waals surface area contributed by atoms with Gasteiger partial charge in [-0.3, -0.25) is 13.9 Å². The van der Waals surface area contributed by atoms with Crippen molar-refractivity contribution in [3.63, 3.8) is 0 Å². The number of rotatable bonds is 9. The second kappa shape index (κ2) is 9.13. The molecule has 20 heavy (non-hydrogen) atoms. The molecule has 1 aliphatic heterocycles. The molecule has 0 N–H and O–H groups in total. The van der Waals surface area contributed by atoms with Crippen molar-refractivity contribution in [2.24, 2.45) is 0 Å². The van der Waals surface area contributed by atoms with Crippen LogP contribution in [0.1, 0.15) is 45.4 Å². The topological polar surface area (TPSA) is 63.7 Å². The summed E-state index contributed by atoms with van der Waals surface area (Å²) in [5.41, 5.74) is 0. The monoisotopic (exact) mass is 321 g/mol. The van der Waals surface area contributed by atoms with Crippen molar-refractivity contribution in [1.29, 1.82) is 0 Å². The lowest BCUT2D eigenvalue weighted by Gasteiger charge is -2.13. The number of ether oxygens (including phenoxy) is 1. The van der Waals surface area contributed by atoms with E-state index in [0.29, 0.717) is 32.4 Å². The Hall–Kier alpha value is -0.880. The molecule has 1 unspecified atom stereocenters. The predicted octanol–water partition coefficient (Wildman–Crippen LogP) is 2.48. The van der Waals surface area contributed by atoms with Crippen molar-refractivity contribution in [3.8, 4) is 0 Å². The molecule has 0 spiro atoms. The maximum Gasteiger partial charge on any atom is 0.305 e. The van der Waals surface area contributed by atoms with Gasteiger partial charge in [-0.2, -0.15) is 0 Å². The van der Waals surface area contributed by atoms with Crippen molar-refractivity contribution in [3.05, 3.63) is 10.4 Å². The molecule has 0 aliphatic carbocycles. The normalized spacial score (nSPS) is 18.3. The highest BCUT2D eigenvalue weighted by atomic mass is 35.5. The Morgan fingerprint density at radius 1 is 1.35 bits per heavy atom. The van der Waals surface area contributed by atoms with Crippen molar-refractivity contribution >= 4 is 34.5 Å². The van der Waals surface area contributed by atoms with Gasteiger partial charge in [0.1, 0.15) is 4.36 Å². The predicted molar refractivity (Wildman–Crippen MR) is 78.1 cm³/mol. The van der Waals surface area contributed by atoms with Crippen LogP contribution in [0.5, 0.6) is 0 Å². The van der Waals surface area contributed by atoms with E-state index in [4.69, 9.17) is 16.3 Å². The third-order valence-corrected chi connectivity index (χ3v) is 4.57. The molecule has 1 heterocycles. The highest BCUT2D eigenvalue weighted by molar-refractivity contribution is 7.89. The van der Waals surface area contributed by atoms with Crippen LogP contribution in [0, 0.1) is 0 Å². The smallest absolute Gasteiger partial charge is 0.305 e. The van der Waals surface area contributed by atoms with Crippen LogP contribution in [0.25, 0.3) is 0 Å². The van der Waals surface area contributed by atoms with Gasteiger partial charge in [0.25, 0.3) is 5.91 Å². The molecule has 0 saturated carbocycles. The molecule has 1 amide bonds. The number of hydrogen-bond donors (Lipinski definition) is 0. The first-order chi connectivity index (χ1) is 9.56. The number of carbonyl (C=O) groups is 2. The highest BCUT2D eigenvalue weighted by Gasteiger charge is 2.27. The largest absolute Gasteiger partial charge is 0.466 e. The van der Waals surface area contributed by atoms with Gasteiger partial charge >= 0.3 is 5.97 Å². The van der Waals surface area contributed by atoms with E-state index in [-0.39, 0.29) is 16.2 Å². The van der Waals surface area contributed by atoms with Crippen LogP contribution in [0.2, 0.25) is 0 Å². The minimum atomic E-state index is -1.54. The lowest BCUT2D eigenvalue weighted by Crippen LogP contribution is -2.27. The van der Waals surface area contributed by atoms with Crippen molar-refractivity contribution in [2.75, 3.05) is 13.2 Å². The fourth-order valence-corrected chi connectivity index (χ4v) is 2.97. The van der Waals surface area contributed by atoms with E-state index in [0.717, 1.165) is 19.3 Å². The van der Waals surface area contributed by atoms with Gasteiger partial charge in [0.2, 0.25) is 0 Å². The molecular formula is C13H20ClNO4S. The summed E-state index contributed by atoms with van der Waals surface area (Å²) < 4.78 is 17.9. The second-order valence-corrected chi connectivity index (χ2v) is 6.53. The molecule has 0 saturated heterocycles. The van der Waals surface area contributed by atoms with Gasteiger partial charge in [-0.25, -0.2) is 4.21 Å². The molecule has 0 fully saturated rings. The number of unbranched alkanes of at least 4 members (excludes halogenated alkanes) is 3. The molecule has 1 atom stereocenters. The molecule has 5 nitrogen and oxygen atoms in total. The Bertz CT molecular complexity index is 411. The standard InChI is InChI=1S/C13H20ClNO4S/c1-2-3-9-19-13(17)7-5-4-6-8-15-12(16)10-11(14)20(15)18/h10H,2-9H2,1H3.